The minimum atomic E-state index is 0.237. The second-order valence-corrected chi connectivity index (χ2v) is 5.49. The summed E-state index contributed by atoms with van der Waals surface area (Å²) in [6, 6.07) is 0. The molecule has 0 aromatic rings. The van der Waals surface area contributed by atoms with Crippen LogP contribution in [0.15, 0.2) is 5.16 Å². The van der Waals surface area contributed by atoms with Gasteiger partial charge in [0, 0.05) is 25.6 Å². The number of oxime groups is 1. The SMILES string of the molecule is CCN1CCOC(CN2CCC(C(N)=NO)CC2)C1. The first-order valence-corrected chi connectivity index (χ1v) is 7.26. The second kappa shape index (κ2) is 7.07. The number of nitrogens with zero attached hydrogens (tertiary/aromatic N) is 3. The maximum Gasteiger partial charge on any atom is 0.142 e. The van der Waals surface area contributed by atoms with E-state index >= 15 is 0 Å². The van der Waals surface area contributed by atoms with Crippen molar-refractivity contribution in [2.45, 2.75) is 25.9 Å². The quantitative estimate of drug-likeness (QED) is 0.329. The molecule has 2 heterocycles. The molecule has 0 saturated carbocycles. The number of piperidine rings is 1. The molecule has 0 aromatic carbocycles. The highest BCUT2D eigenvalue weighted by molar-refractivity contribution is 5.82. The molecule has 1 unspecified atom stereocenters. The Labute approximate surface area is 115 Å². The number of nitrogens with two attached hydrogens (primary N) is 1. The lowest BCUT2D eigenvalue weighted by atomic mass is 9.95. The van der Waals surface area contributed by atoms with Gasteiger partial charge in [0.1, 0.15) is 5.84 Å². The van der Waals surface area contributed by atoms with Gasteiger partial charge in [0.05, 0.1) is 12.7 Å². The molecule has 3 N–H and O–H groups in total. The molecule has 2 fully saturated rings. The predicted molar refractivity (Wildman–Crippen MR) is 74.4 cm³/mol. The number of hydrogen-bond acceptors (Lipinski definition) is 5. The van der Waals surface area contributed by atoms with Crippen molar-refractivity contribution in [3.63, 3.8) is 0 Å². The van der Waals surface area contributed by atoms with E-state index in [0.717, 1.165) is 58.7 Å². The summed E-state index contributed by atoms with van der Waals surface area (Å²) < 4.78 is 5.84. The van der Waals surface area contributed by atoms with Gasteiger partial charge < -0.3 is 20.6 Å². The van der Waals surface area contributed by atoms with Gasteiger partial charge in [-0.05, 0) is 32.5 Å². The van der Waals surface area contributed by atoms with Crippen LogP contribution < -0.4 is 5.73 Å². The van der Waals surface area contributed by atoms with E-state index in [0.29, 0.717) is 11.9 Å². The van der Waals surface area contributed by atoms with Crippen LogP contribution in [0.2, 0.25) is 0 Å². The van der Waals surface area contributed by atoms with E-state index in [2.05, 4.69) is 21.9 Å². The fourth-order valence-corrected chi connectivity index (χ4v) is 2.96. The highest BCUT2D eigenvalue weighted by Crippen LogP contribution is 2.18. The number of amidine groups is 1. The molecule has 1 atom stereocenters. The van der Waals surface area contributed by atoms with Gasteiger partial charge in [-0.15, -0.1) is 0 Å². The molecular weight excluding hydrogens is 244 g/mol. The monoisotopic (exact) mass is 270 g/mol. The predicted octanol–water partition coefficient (Wildman–Crippen LogP) is 0.166. The van der Waals surface area contributed by atoms with Gasteiger partial charge >= 0.3 is 0 Å². The van der Waals surface area contributed by atoms with Gasteiger partial charge in [-0.2, -0.15) is 0 Å². The topological polar surface area (TPSA) is 74.3 Å². The van der Waals surface area contributed by atoms with E-state index in [4.69, 9.17) is 15.7 Å². The minimum absolute atomic E-state index is 0.237. The summed E-state index contributed by atoms with van der Waals surface area (Å²) in [5.41, 5.74) is 5.66. The van der Waals surface area contributed by atoms with Crippen LogP contribution in [0.25, 0.3) is 0 Å². The maximum atomic E-state index is 8.69. The van der Waals surface area contributed by atoms with Crippen LogP contribution >= 0.6 is 0 Å². The molecule has 19 heavy (non-hydrogen) atoms. The first-order chi connectivity index (χ1) is 9.22. The van der Waals surface area contributed by atoms with Crippen LogP contribution in [0.4, 0.5) is 0 Å². The average molecular weight is 270 g/mol. The van der Waals surface area contributed by atoms with Crippen LogP contribution in [0, 0.1) is 5.92 Å². The number of rotatable bonds is 4. The lowest BCUT2D eigenvalue weighted by Gasteiger charge is -2.37. The van der Waals surface area contributed by atoms with Crippen molar-refractivity contribution in [3.8, 4) is 0 Å². The zero-order valence-corrected chi connectivity index (χ0v) is 11.8. The summed E-state index contributed by atoms with van der Waals surface area (Å²) in [5, 5.41) is 11.8. The number of likely N-dealkylation sites (N-methyl/N-ethyl adjacent to an activating group) is 1. The Balaban J connectivity index is 1.73. The van der Waals surface area contributed by atoms with E-state index in [9.17, 15) is 0 Å². The highest BCUT2D eigenvalue weighted by atomic mass is 16.5. The second-order valence-electron chi connectivity index (χ2n) is 5.49. The summed E-state index contributed by atoms with van der Waals surface area (Å²) in [6.07, 6.45) is 2.27. The van der Waals surface area contributed by atoms with Crippen LogP contribution in [0.5, 0.6) is 0 Å². The number of morpholine rings is 1. The molecule has 2 aliphatic heterocycles. The van der Waals surface area contributed by atoms with Crippen molar-refractivity contribution in [2.24, 2.45) is 16.8 Å². The molecule has 0 aromatic heterocycles. The molecular formula is C13H26N4O2. The normalized spacial score (nSPS) is 28.7. The highest BCUT2D eigenvalue weighted by Gasteiger charge is 2.26. The molecule has 2 rings (SSSR count). The van der Waals surface area contributed by atoms with E-state index < -0.39 is 0 Å². The Bertz CT molecular complexity index is 303. The van der Waals surface area contributed by atoms with Gasteiger partial charge in [0.15, 0.2) is 0 Å². The van der Waals surface area contributed by atoms with E-state index in [1.54, 1.807) is 0 Å². The first kappa shape index (κ1) is 14.6. The largest absolute Gasteiger partial charge is 0.409 e. The molecule has 0 spiro atoms. The number of hydrogen-bond donors (Lipinski definition) is 2. The summed E-state index contributed by atoms with van der Waals surface area (Å²) in [5.74, 6) is 0.617. The molecule has 0 amide bonds. The summed E-state index contributed by atoms with van der Waals surface area (Å²) in [4.78, 5) is 4.88. The van der Waals surface area contributed by atoms with Crippen molar-refractivity contribution in [1.82, 2.24) is 9.80 Å². The Kier molecular flexibility index (Phi) is 5.42. The van der Waals surface area contributed by atoms with Crippen molar-refractivity contribution >= 4 is 5.84 Å². The van der Waals surface area contributed by atoms with Crippen molar-refractivity contribution in [3.05, 3.63) is 0 Å². The van der Waals surface area contributed by atoms with E-state index in [1.807, 2.05) is 0 Å². The van der Waals surface area contributed by atoms with Crippen molar-refractivity contribution < 1.29 is 9.94 Å². The smallest absolute Gasteiger partial charge is 0.142 e. The molecule has 2 saturated heterocycles. The Morgan fingerprint density at radius 3 is 2.68 bits per heavy atom. The average Bonchev–Trinajstić information content (AvgIpc) is 2.47. The van der Waals surface area contributed by atoms with Gasteiger partial charge in [-0.1, -0.05) is 12.1 Å². The molecule has 0 bridgehead atoms. The molecule has 6 nitrogen and oxygen atoms in total. The van der Waals surface area contributed by atoms with Gasteiger partial charge in [-0.3, -0.25) is 4.90 Å². The first-order valence-electron chi connectivity index (χ1n) is 7.26. The Morgan fingerprint density at radius 2 is 2.05 bits per heavy atom. The summed E-state index contributed by atoms with van der Waals surface area (Å²) in [7, 11) is 0. The van der Waals surface area contributed by atoms with Crippen LogP contribution in [-0.2, 0) is 4.74 Å². The summed E-state index contributed by atoms with van der Waals surface area (Å²) >= 11 is 0. The molecule has 6 heteroatoms. The third-order valence-electron chi connectivity index (χ3n) is 4.25. The molecule has 110 valence electrons. The van der Waals surface area contributed by atoms with E-state index in [1.165, 1.54) is 0 Å². The standard InChI is InChI=1S/C13H26N4O2/c1-2-16-7-8-19-12(9-16)10-17-5-3-11(4-6-17)13(14)15-18/h11-12,18H,2-10H2,1H3,(H2,14,15). The zero-order chi connectivity index (χ0) is 13.7. The van der Waals surface area contributed by atoms with Crippen molar-refractivity contribution in [1.29, 1.82) is 0 Å². The van der Waals surface area contributed by atoms with Gasteiger partial charge in [-0.25, -0.2) is 0 Å². The van der Waals surface area contributed by atoms with Crippen LogP contribution in [-0.4, -0.2) is 72.8 Å². The summed E-state index contributed by atoms with van der Waals surface area (Å²) in [6.45, 7) is 9.25. The number of ether oxygens (including phenoxy) is 1. The van der Waals surface area contributed by atoms with Gasteiger partial charge in [0.25, 0.3) is 0 Å². The Morgan fingerprint density at radius 1 is 1.32 bits per heavy atom. The number of likely N-dealkylation sites (tertiary alicyclic amines) is 1. The van der Waals surface area contributed by atoms with Gasteiger partial charge in [0.2, 0.25) is 0 Å². The van der Waals surface area contributed by atoms with Crippen LogP contribution in [0.3, 0.4) is 0 Å². The fourth-order valence-electron chi connectivity index (χ4n) is 2.96. The van der Waals surface area contributed by atoms with E-state index in [-0.39, 0.29) is 5.92 Å². The molecule has 2 aliphatic rings. The lowest BCUT2D eigenvalue weighted by Crippen LogP contribution is -2.49. The fraction of sp³-hybridized carbons (Fsp3) is 0.923. The van der Waals surface area contributed by atoms with Crippen LogP contribution in [0.1, 0.15) is 19.8 Å². The molecule has 0 radical (unpaired) electrons. The Hall–Kier alpha value is -0.850. The lowest BCUT2D eigenvalue weighted by molar-refractivity contribution is -0.0444. The third kappa shape index (κ3) is 4.06. The molecule has 0 aliphatic carbocycles. The van der Waals surface area contributed by atoms with Crippen molar-refractivity contribution in [2.75, 3.05) is 45.9 Å². The zero-order valence-electron chi connectivity index (χ0n) is 11.8. The third-order valence-corrected chi connectivity index (χ3v) is 4.25. The minimum Gasteiger partial charge on any atom is -0.409 e. The maximum absolute atomic E-state index is 8.69.